The molecule has 3 rings (SSSR count). The maximum atomic E-state index is 4.57. The molecule has 2 aromatic rings. The Balaban J connectivity index is 0.00000300. The van der Waals surface area contributed by atoms with E-state index in [1.165, 1.54) is 29.7 Å². The number of hydrogen-bond acceptors (Lipinski definition) is 2. The zero-order chi connectivity index (χ0) is 20.1. The van der Waals surface area contributed by atoms with Gasteiger partial charge in [-0.3, -0.25) is 9.67 Å². The molecule has 0 saturated carbocycles. The molecule has 2 unspecified atom stereocenters. The first kappa shape index (κ1) is 23.7. The van der Waals surface area contributed by atoms with Crippen molar-refractivity contribution in [3.8, 4) is 0 Å². The van der Waals surface area contributed by atoms with Crippen molar-refractivity contribution in [1.29, 1.82) is 0 Å². The van der Waals surface area contributed by atoms with Crippen LogP contribution >= 0.6 is 24.0 Å². The highest BCUT2D eigenvalue weighted by molar-refractivity contribution is 14.0. The van der Waals surface area contributed by atoms with E-state index in [4.69, 9.17) is 0 Å². The van der Waals surface area contributed by atoms with E-state index in [2.05, 4.69) is 71.4 Å². The number of benzene rings is 1. The molecule has 1 N–H and O–H groups in total. The van der Waals surface area contributed by atoms with Gasteiger partial charge in [-0.05, 0) is 49.7 Å². The smallest absolute Gasteiger partial charge is 0.193 e. The van der Waals surface area contributed by atoms with Crippen LogP contribution in [0.3, 0.4) is 0 Å². The van der Waals surface area contributed by atoms with Crippen LogP contribution in [-0.2, 0) is 13.5 Å². The summed E-state index contributed by atoms with van der Waals surface area (Å²) in [6, 6.07) is 11.0. The Labute approximate surface area is 193 Å². The second-order valence-electron chi connectivity index (χ2n) is 7.92. The van der Waals surface area contributed by atoms with E-state index in [-0.39, 0.29) is 24.0 Å². The average molecular weight is 509 g/mol. The van der Waals surface area contributed by atoms with Gasteiger partial charge in [0.05, 0.1) is 5.69 Å². The molecular formula is C23H36IN5. The second-order valence-corrected chi connectivity index (χ2v) is 7.92. The first-order valence-corrected chi connectivity index (χ1v) is 10.5. The Morgan fingerprint density at radius 1 is 1.24 bits per heavy atom. The summed E-state index contributed by atoms with van der Waals surface area (Å²) in [5.41, 5.74) is 5.22. The van der Waals surface area contributed by atoms with Crippen LogP contribution in [0.25, 0.3) is 0 Å². The zero-order valence-electron chi connectivity index (χ0n) is 18.5. The van der Waals surface area contributed by atoms with Crippen molar-refractivity contribution in [2.45, 2.75) is 46.0 Å². The minimum absolute atomic E-state index is 0. The van der Waals surface area contributed by atoms with Gasteiger partial charge in [-0.2, -0.15) is 5.10 Å². The summed E-state index contributed by atoms with van der Waals surface area (Å²) in [6.07, 6.45) is 3.35. The van der Waals surface area contributed by atoms with Crippen LogP contribution < -0.4 is 5.32 Å². The lowest BCUT2D eigenvalue weighted by Gasteiger charge is -2.40. The van der Waals surface area contributed by atoms with Crippen LogP contribution in [0, 0.1) is 19.8 Å². The monoisotopic (exact) mass is 509 g/mol. The van der Waals surface area contributed by atoms with E-state index in [9.17, 15) is 0 Å². The van der Waals surface area contributed by atoms with Crippen molar-refractivity contribution < 1.29 is 0 Å². The Morgan fingerprint density at radius 3 is 2.55 bits per heavy atom. The highest BCUT2D eigenvalue weighted by atomic mass is 127. The van der Waals surface area contributed by atoms with Gasteiger partial charge in [0.2, 0.25) is 0 Å². The molecule has 0 aliphatic carbocycles. The van der Waals surface area contributed by atoms with Gasteiger partial charge in [0.25, 0.3) is 0 Å². The first-order valence-electron chi connectivity index (χ1n) is 10.5. The third kappa shape index (κ3) is 5.53. The van der Waals surface area contributed by atoms with Crippen molar-refractivity contribution in [2.24, 2.45) is 18.0 Å². The fourth-order valence-electron chi connectivity index (χ4n) is 4.59. The molecule has 1 saturated heterocycles. The molecule has 1 aliphatic heterocycles. The number of aromatic nitrogens is 2. The van der Waals surface area contributed by atoms with Gasteiger partial charge < -0.3 is 10.2 Å². The van der Waals surface area contributed by atoms with Gasteiger partial charge in [0.15, 0.2) is 5.96 Å². The maximum absolute atomic E-state index is 4.57. The molecule has 1 aromatic heterocycles. The lowest BCUT2D eigenvalue weighted by atomic mass is 9.79. The highest BCUT2D eigenvalue weighted by Crippen LogP contribution is 2.34. The van der Waals surface area contributed by atoms with Crippen molar-refractivity contribution in [3.63, 3.8) is 0 Å². The molecule has 5 nitrogen and oxygen atoms in total. The molecular weight excluding hydrogens is 473 g/mol. The second kappa shape index (κ2) is 11.0. The summed E-state index contributed by atoms with van der Waals surface area (Å²) in [5, 5.41) is 8.11. The molecule has 29 heavy (non-hydrogen) atoms. The average Bonchev–Trinajstić information content (AvgIpc) is 2.97. The number of halogens is 1. The van der Waals surface area contributed by atoms with E-state index in [0.29, 0.717) is 11.8 Å². The fourth-order valence-corrected chi connectivity index (χ4v) is 4.59. The summed E-state index contributed by atoms with van der Waals surface area (Å²) < 4.78 is 1.97. The minimum atomic E-state index is 0. The van der Waals surface area contributed by atoms with E-state index in [0.717, 1.165) is 37.7 Å². The molecule has 1 aliphatic rings. The van der Waals surface area contributed by atoms with Crippen LogP contribution in [0.15, 0.2) is 35.3 Å². The third-order valence-electron chi connectivity index (χ3n) is 6.31. The summed E-state index contributed by atoms with van der Waals surface area (Å²) in [5.74, 6) is 2.35. The molecule has 1 fully saturated rings. The number of hydrogen-bond donors (Lipinski definition) is 1. The summed E-state index contributed by atoms with van der Waals surface area (Å²) in [6.45, 7) is 9.56. The van der Waals surface area contributed by atoms with Crippen LogP contribution in [-0.4, -0.2) is 47.3 Å². The number of rotatable bonds is 5. The Kier molecular flexibility index (Phi) is 8.99. The number of likely N-dealkylation sites (tertiary alicyclic amines) is 1. The number of guanidine groups is 1. The third-order valence-corrected chi connectivity index (χ3v) is 6.31. The quantitative estimate of drug-likeness (QED) is 0.372. The zero-order valence-corrected chi connectivity index (χ0v) is 20.8. The molecule has 0 radical (unpaired) electrons. The summed E-state index contributed by atoms with van der Waals surface area (Å²) in [4.78, 5) is 7.01. The summed E-state index contributed by atoms with van der Waals surface area (Å²) >= 11 is 0. The first-order chi connectivity index (χ1) is 13.5. The summed E-state index contributed by atoms with van der Waals surface area (Å²) in [7, 11) is 3.91. The maximum Gasteiger partial charge on any atom is 0.193 e. The number of piperidine rings is 1. The Hall–Kier alpha value is -1.57. The van der Waals surface area contributed by atoms with Gasteiger partial charge in [-0.25, -0.2) is 0 Å². The topological polar surface area (TPSA) is 45.4 Å². The predicted molar refractivity (Wildman–Crippen MR) is 132 cm³/mol. The molecule has 0 bridgehead atoms. The predicted octanol–water partition coefficient (Wildman–Crippen LogP) is 4.29. The van der Waals surface area contributed by atoms with Crippen LogP contribution in [0.1, 0.15) is 48.2 Å². The Morgan fingerprint density at radius 2 is 1.97 bits per heavy atom. The number of aryl methyl sites for hydroxylation is 2. The number of aliphatic imine (C=N–C) groups is 1. The van der Waals surface area contributed by atoms with Gasteiger partial charge in [0, 0.05) is 39.4 Å². The molecule has 0 amide bonds. The van der Waals surface area contributed by atoms with E-state index in [1.807, 2.05) is 18.8 Å². The van der Waals surface area contributed by atoms with Gasteiger partial charge >= 0.3 is 0 Å². The normalized spacial score (nSPS) is 19.8. The van der Waals surface area contributed by atoms with E-state index < -0.39 is 0 Å². The molecule has 2 atom stereocenters. The number of nitrogens with one attached hydrogen (secondary N) is 1. The van der Waals surface area contributed by atoms with Crippen LogP contribution in [0.4, 0.5) is 0 Å². The Bertz CT molecular complexity index is 799. The molecule has 6 heteroatoms. The van der Waals surface area contributed by atoms with Crippen molar-refractivity contribution >= 4 is 29.9 Å². The highest BCUT2D eigenvalue weighted by Gasteiger charge is 2.30. The SMILES string of the molecule is CCC1CN(C(=NC)NCCc2c(C)nn(C)c2C)CCC1c1ccccc1.I. The van der Waals surface area contributed by atoms with Crippen LogP contribution in [0.2, 0.25) is 0 Å². The largest absolute Gasteiger partial charge is 0.356 e. The molecule has 2 heterocycles. The van der Waals surface area contributed by atoms with Gasteiger partial charge in [0.1, 0.15) is 0 Å². The number of nitrogens with zero attached hydrogens (tertiary/aromatic N) is 4. The molecule has 160 valence electrons. The van der Waals surface area contributed by atoms with E-state index in [1.54, 1.807) is 0 Å². The van der Waals surface area contributed by atoms with Crippen molar-refractivity contribution in [3.05, 3.63) is 52.8 Å². The van der Waals surface area contributed by atoms with Gasteiger partial charge in [-0.1, -0.05) is 43.7 Å². The lowest BCUT2D eigenvalue weighted by Crippen LogP contribution is -2.48. The van der Waals surface area contributed by atoms with Crippen molar-refractivity contribution in [1.82, 2.24) is 20.0 Å². The fraction of sp³-hybridized carbons (Fsp3) is 0.565. The van der Waals surface area contributed by atoms with Gasteiger partial charge in [-0.15, -0.1) is 24.0 Å². The molecule has 0 spiro atoms. The van der Waals surface area contributed by atoms with Crippen molar-refractivity contribution in [2.75, 3.05) is 26.7 Å². The van der Waals surface area contributed by atoms with Crippen LogP contribution in [0.5, 0.6) is 0 Å². The van der Waals surface area contributed by atoms with E-state index >= 15 is 0 Å². The minimum Gasteiger partial charge on any atom is -0.356 e. The molecule has 1 aromatic carbocycles. The lowest BCUT2D eigenvalue weighted by molar-refractivity contribution is 0.216. The standard InChI is InChI=1S/C23H35N5.HI/c1-6-19-16-28(15-13-22(19)20-10-8-7-9-11-20)23(24-4)25-14-12-21-17(2)26-27(5)18(21)3;/h7-11,19,22H,6,12-16H2,1-5H3,(H,24,25);1H.